The highest BCUT2D eigenvalue weighted by Gasteiger charge is 2.22. The van der Waals surface area contributed by atoms with Gasteiger partial charge in [-0.25, -0.2) is 9.67 Å². The number of hydrogen-bond acceptors (Lipinski definition) is 5. The van der Waals surface area contributed by atoms with Crippen LogP contribution < -0.4 is 10.6 Å². The van der Waals surface area contributed by atoms with Crippen LogP contribution in [0.2, 0.25) is 0 Å². The van der Waals surface area contributed by atoms with Crippen molar-refractivity contribution in [2.75, 3.05) is 33.8 Å². The van der Waals surface area contributed by atoms with Crippen molar-refractivity contribution in [3.63, 3.8) is 0 Å². The summed E-state index contributed by atoms with van der Waals surface area (Å²) in [5.74, 6) is 2.70. The minimum Gasteiger partial charge on any atom is -0.377 e. The Hall–Kier alpha value is -1.67. The molecule has 0 saturated carbocycles. The third kappa shape index (κ3) is 5.65. The zero-order valence-electron chi connectivity index (χ0n) is 17.1. The summed E-state index contributed by atoms with van der Waals surface area (Å²) in [6.07, 6.45) is 7.18. The van der Waals surface area contributed by atoms with Crippen LogP contribution in [-0.2, 0) is 24.3 Å². The Kier molecular flexibility index (Phi) is 7.46. The number of nitrogens with zero attached hydrogens (tertiary/aromatic N) is 5. The first-order valence-corrected chi connectivity index (χ1v) is 10.3. The van der Waals surface area contributed by atoms with E-state index in [2.05, 4.69) is 37.5 Å². The summed E-state index contributed by atoms with van der Waals surface area (Å²) in [6.45, 7) is 7.00. The predicted octanol–water partition coefficient (Wildman–Crippen LogP) is 1.17. The van der Waals surface area contributed by atoms with Crippen LogP contribution >= 0.6 is 0 Å². The van der Waals surface area contributed by atoms with Crippen molar-refractivity contribution < 1.29 is 4.74 Å². The van der Waals surface area contributed by atoms with Crippen molar-refractivity contribution in [3.05, 3.63) is 11.6 Å². The van der Waals surface area contributed by atoms with E-state index in [1.807, 2.05) is 11.7 Å². The molecule has 0 aromatic carbocycles. The Balaban J connectivity index is 1.39. The van der Waals surface area contributed by atoms with Crippen molar-refractivity contribution in [2.45, 2.75) is 70.7 Å². The van der Waals surface area contributed by atoms with Gasteiger partial charge in [0.25, 0.3) is 0 Å². The maximum absolute atomic E-state index is 5.13. The average Bonchev–Trinajstić information content (AvgIpc) is 3.07. The van der Waals surface area contributed by atoms with Gasteiger partial charge in [0.2, 0.25) is 0 Å². The van der Waals surface area contributed by atoms with Crippen molar-refractivity contribution in [3.8, 4) is 0 Å². The molecule has 0 spiro atoms. The molecule has 0 radical (unpaired) electrons. The molecule has 3 heterocycles. The summed E-state index contributed by atoms with van der Waals surface area (Å²) < 4.78 is 7.13. The summed E-state index contributed by atoms with van der Waals surface area (Å²) in [5.41, 5.74) is 0. The summed E-state index contributed by atoms with van der Waals surface area (Å²) >= 11 is 0. The fourth-order valence-electron chi connectivity index (χ4n) is 4.04. The second-order valence-corrected chi connectivity index (χ2v) is 7.67. The van der Waals surface area contributed by atoms with Gasteiger partial charge < -0.3 is 20.3 Å². The van der Waals surface area contributed by atoms with E-state index in [0.29, 0.717) is 12.6 Å². The van der Waals surface area contributed by atoms with Gasteiger partial charge in [0.15, 0.2) is 11.8 Å². The number of methoxy groups -OCH3 is 1. The number of aliphatic imine (C=N–C) groups is 1. The molecule has 0 amide bonds. The van der Waals surface area contributed by atoms with Gasteiger partial charge in [0, 0.05) is 45.8 Å². The van der Waals surface area contributed by atoms with Crippen molar-refractivity contribution in [2.24, 2.45) is 4.99 Å². The van der Waals surface area contributed by atoms with E-state index >= 15 is 0 Å². The van der Waals surface area contributed by atoms with Crippen LogP contribution in [0.1, 0.15) is 50.7 Å². The SMILES string of the molecule is CN=C(NCCCN1CCCCC1C)NC1CCc2nc(COC)nn2C1. The van der Waals surface area contributed by atoms with E-state index in [1.54, 1.807) is 7.11 Å². The minimum atomic E-state index is 0.322. The Labute approximate surface area is 162 Å². The molecule has 3 rings (SSSR count). The molecule has 8 heteroatoms. The summed E-state index contributed by atoms with van der Waals surface area (Å²) in [4.78, 5) is 11.5. The van der Waals surface area contributed by atoms with Gasteiger partial charge in [-0.1, -0.05) is 6.42 Å². The van der Waals surface area contributed by atoms with Crippen LogP contribution in [0.4, 0.5) is 0 Å². The monoisotopic (exact) mass is 377 g/mol. The molecule has 0 bridgehead atoms. The highest BCUT2D eigenvalue weighted by Crippen LogP contribution is 2.16. The average molecular weight is 378 g/mol. The Morgan fingerprint density at radius 2 is 2.22 bits per heavy atom. The minimum absolute atomic E-state index is 0.322. The fraction of sp³-hybridized carbons (Fsp3) is 0.842. The number of aryl methyl sites for hydroxylation is 1. The maximum Gasteiger partial charge on any atom is 0.191 e. The lowest BCUT2D eigenvalue weighted by Crippen LogP contribution is -2.47. The van der Waals surface area contributed by atoms with Crippen LogP contribution in [-0.4, -0.2) is 71.5 Å². The molecule has 2 aliphatic rings. The number of rotatable bonds is 7. The molecule has 1 aromatic rings. The normalized spacial score (nSPS) is 23.9. The number of hydrogen-bond donors (Lipinski definition) is 2. The number of guanidine groups is 1. The molecule has 152 valence electrons. The van der Waals surface area contributed by atoms with Crippen LogP contribution in [0.25, 0.3) is 0 Å². The lowest BCUT2D eigenvalue weighted by Gasteiger charge is -2.33. The van der Waals surface area contributed by atoms with Crippen molar-refractivity contribution in [1.82, 2.24) is 30.3 Å². The highest BCUT2D eigenvalue weighted by atomic mass is 16.5. The van der Waals surface area contributed by atoms with Crippen molar-refractivity contribution in [1.29, 1.82) is 0 Å². The second kappa shape index (κ2) is 10.0. The largest absolute Gasteiger partial charge is 0.377 e. The molecular formula is C19H35N7O. The maximum atomic E-state index is 5.13. The molecule has 0 aliphatic carbocycles. The summed E-state index contributed by atoms with van der Waals surface area (Å²) in [7, 11) is 3.51. The van der Waals surface area contributed by atoms with E-state index < -0.39 is 0 Å². The Bertz CT molecular complexity index is 615. The predicted molar refractivity (Wildman–Crippen MR) is 107 cm³/mol. The van der Waals surface area contributed by atoms with E-state index in [4.69, 9.17) is 4.74 Å². The fourth-order valence-corrected chi connectivity index (χ4v) is 4.04. The topological polar surface area (TPSA) is 79.6 Å². The van der Waals surface area contributed by atoms with Crippen molar-refractivity contribution >= 4 is 5.96 Å². The van der Waals surface area contributed by atoms with Gasteiger partial charge in [-0.3, -0.25) is 4.99 Å². The van der Waals surface area contributed by atoms with E-state index in [0.717, 1.165) is 56.0 Å². The quantitative estimate of drug-likeness (QED) is 0.422. The van der Waals surface area contributed by atoms with E-state index in [-0.39, 0.29) is 0 Å². The molecule has 1 saturated heterocycles. The third-order valence-electron chi connectivity index (χ3n) is 5.59. The zero-order valence-corrected chi connectivity index (χ0v) is 17.1. The summed E-state index contributed by atoms with van der Waals surface area (Å²) in [5, 5.41) is 11.5. The highest BCUT2D eigenvalue weighted by molar-refractivity contribution is 5.79. The number of fused-ring (bicyclic) bond motifs is 1. The molecule has 27 heavy (non-hydrogen) atoms. The van der Waals surface area contributed by atoms with Crippen LogP contribution in [0.15, 0.2) is 4.99 Å². The smallest absolute Gasteiger partial charge is 0.191 e. The standard InChI is InChI=1S/C19H35N7O/c1-15-7-4-5-11-25(15)12-6-10-21-19(20-2)22-16-8-9-18-23-17(14-27-3)24-26(18)13-16/h15-16H,4-14H2,1-3H3,(H2,20,21,22). The number of nitrogens with one attached hydrogen (secondary N) is 2. The zero-order chi connectivity index (χ0) is 19.1. The molecule has 2 unspecified atom stereocenters. The molecule has 8 nitrogen and oxygen atoms in total. The van der Waals surface area contributed by atoms with E-state index in [1.165, 1.54) is 32.4 Å². The molecule has 1 fully saturated rings. The van der Waals surface area contributed by atoms with E-state index in [9.17, 15) is 0 Å². The summed E-state index contributed by atoms with van der Waals surface area (Å²) in [6, 6.07) is 1.06. The number of likely N-dealkylation sites (tertiary alicyclic amines) is 1. The van der Waals surface area contributed by atoms with Gasteiger partial charge in [0.1, 0.15) is 12.4 Å². The molecule has 2 atom stereocenters. The van der Waals surface area contributed by atoms with Crippen LogP contribution in [0.3, 0.4) is 0 Å². The lowest BCUT2D eigenvalue weighted by molar-refractivity contribution is 0.159. The third-order valence-corrected chi connectivity index (χ3v) is 5.59. The first-order valence-electron chi connectivity index (χ1n) is 10.3. The first-order chi connectivity index (χ1) is 13.2. The van der Waals surface area contributed by atoms with Crippen LogP contribution in [0, 0.1) is 0 Å². The van der Waals surface area contributed by atoms with Gasteiger partial charge in [-0.2, -0.15) is 5.10 Å². The molecule has 1 aromatic heterocycles. The molecule has 2 N–H and O–H groups in total. The van der Waals surface area contributed by atoms with Crippen LogP contribution in [0.5, 0.6) is 0 Å². The first kappa shape index (κ1) is 20.1. The number of ether oxygens (including phenoxy) is 1. The number of piperidine rings is 1. The van der Waals surface area contributed by atoms with Gasteiger partial charge in [-0.15, -0.1) is 0 Å². The molecular weight excluding hydrogens is 342 g/mol. The Morgan fingerprint density at radius 1 is 1.33 bits per heavy atom. The Morgan fingerprint density at radius 3 is 3.00 bits per heavy atom. The van der Waals surface area contributed by atoms with Gasteiger partial charge >= 0.3 is 0 Å². The number of aromatic nitrogens is 3. The molecule has 2 aliphatic heterocycles. The lowest BCUT2D eigenvalue weighted by atomic mass is 10.0. The van der Waals surface area contributed by atoms with Gasteiger partial charge in [0.05, 0.1) is 6.54 Å². The van der Waals surface area contributed by atoms with Gasteiger partial charge in [-0.05, 0) is 39.2 Å². The second-order valence-electron chi connectivity index (χ2n) is 7.67.